The molecule has 9 heteroatoms. The number of ether oxygens (including phenoxy) is 1. The maximum atomic E-state index is 12.5. The van der Waals surface area contributed by atoms with Crippen molar-refractivity contribution in [1.29, 1.82) is 0 Å². The van der Waals surface area contributed by atoms with Gasteiger partial charge >= 0.3 is 0 Å². The Morgan fingerprint density at radius 1 is 1.20 bits per heavy atom. The molecule has 1 aliphatic rings. The van der Waals surface area contributed by atoms with Crippen LogP contribution in [0.25, 0.3) is 0 Å². The molecule has 0 saturated carbocycles. The number of carbonyl (C=O) groups excluding carboxylic acids is 1. The topological polar surface area (TPSA) is 75.7 Å². The van der Waals surface area contributed by atoms with Crippen LogP contribution in [0, 0.1) is 0 Å². The van der Waals surface area contributed by atoms with Gasteiger partial charge in [0.1, 0.15) is 5.75 Å². The second-order valence-electron chi connectivity index (χ2n) is 5.49. The molecule has 2 aromatic carbocycles. The van der Waals surface area contributed by atoms with E-state index < -0.39 is 22.0 Å². The van der Waals surface area contributed by atoms with Gasteiger partial charge in [-0.2, -0.15) is 0 Å². The smallest absolute Gasteiger partial charge is 0.267 e. The van der Waals surface area contributed by atoms with E-state index >= 15 is 0 Å². The van der Waals surface area contributed by atoms with Gasteiger partial charge in [0.15, 0.2) is 6.10 Å². The lowest BCUT2D eigenvalue weighted by atomic mass is 10.2. The molecule has 0 aromatic heterocycles. The summed E-state index contributed by atoms with van der Waals surface area (Å²) in [5.41, 5.74) is 0.844. The van der Waals surface area contributed by atoms with Crippen LogP contribution in [0.5, 0.6) is 5.75 Å². The van der Waals surface area contributed by atoms with Gasteiger partial charge in [0, 0.05) is 5.69 Å². The largest absolute Gasteiger partial charge is 0.476 e. The average Bonchev–Trinajstić information content (AvgIpc) is 2.56. The molecule has 1 unspecified atom stereocenters. The van der Waals surface area contributed by atoms with Crippen molar-refractivity contribution in [1.82, 2.24) is 0 Å². The third kappa shape index (κ3) is 3.84. The third-order valence-electron chi connectivity index (χ3n) is 3.61. The van der Waals surface area contributed by atoms with E-state index in [4.69, 9.17) is 27.9 Å². The molecule has 132 valence electrons. The van der Waals surface area contributed by atoms with Crippen LogP contribution in [0.4, 0.5) is 11.4 Å². The van der Waals surface area contributed by atoms with Gasteiger partial charge in [-0.05, 0) is 30.3 Å². The zero-order valence-electron chi connectivity index (χ0n) is 13.1. The third-order valence-corrected chi connectivity index (χ3v) is 5.50. The van der Waals surface area contributed by atoms with E-state index in [1.54, 1.807) is 36.4 Å². The highest BCUT2D eigenvalue weighted by atomic mass is 35.5. The molecule has 1 N–H and O–H groups in total. The number of fused-ring (bicyclic) bond motifs is 1. The van der Waals surface area contributed by atoms with Crippen LogP contribution in [-0.4, -0.2) is 33.2 Å². The molecular formula is C16H14Cl2N2O4S. The molecule has 1 atom stereocenters. The molecule has 0 fully saturated rings. The summed E-state index contributed by atoms with van der Waals surface area (Å²) in [6.45, 7) is -0.122. The van der Waals surface area contributed by atoms with Crippen LogP contribution in [0.3, 0.4) is 0 Å². The van der Waals surface area contributed by atoms with E-state index in [1.165, 1.54) is 6.07 Å². The van der Waals surface area contributed by atoms with Crippen molar-refractivity contribution >= 4 is 50.5 Å². The van der Waals surface area contributed by atoms with Crippen molar-refractivity contribution in [3.63, 3.8) is 0 Å². The van der Waals surface area contributed by atoms with Gasteiger partial charge in [0.05, 0.1) is 28.5 Å². The normalized spacial score (nSPS) is 16.8. The second-order valence-corrected chi connectivity index (χ2v) is 8.21. The molecule has 0 bridgehead atoms. The van der Waals surface area contributed by atoms with Crippen molar-refractivity contribution in [2.75, 3.05) is 22.4 Å². The molecule has 0 spiro atoms. The predicted octanol–water partition coefficient (Wildman–Crippen LogP) is 3.16. The maximum Gasteiger partial charge on any atom is 0.267 e. The second kappa shape index (κ2) is 6.74. The fraction of sp³-hybridized carbons (Fsp3) is 0.188. The van der Waals surface area contributed by atoms with Crippen LogP contribution in [0.15, 0.2) is 42.5 Å². The Kier molecular flexibility index (Phi) is 4.81. The summed E-state index contributed by atoms with van der Waals surface area (Å²) < 4.78 is 31.0. The molecular weight excluding hydrogens is 387 g/mol. The Hall–Kier alpha value is -1.96. The molecule has 25 heavy (non-hydrogen) atoms. The Morgan fingerprint density at radius 3 is 2.60 bits per heavy atom. The Morgan fingerprint density at radius 2 is 1.92 bits per heavy atom. The van der Waals surface area contributed by atoms with Gasteiger partial charge in [0.25, 0.3) is 5.91 Å². The number of para-hydroxylation sites is 2. The first-order valence-corrected chi connectivity index (χ1v) is 9.85. The summed E-state index contributed by atoms with van der Waals surface area (Å²) >= 11 is 11.8. The van der Waals surface area contributed by atoms with Crippen LogP contribution >= 0.6 is 23.2 Å². The number of halogens is 2. The van der Waals surface area contributed by atoms with Gasteiger partial charge < -0.3 is 10.1 Å². The number of nitrogens with one attached hydrogen (secondary N) is 1. The lowest BCUT2D eigenvalue weighted by Crippen LogP contribution is -2.48. The van der Waals surface area contributed by atoms with E-state index in [9.17, 15) is 13.2 Å². The van der Waals surface area contributed by atoms with Crippen LogP contribution in [-0.2, 0) is 14.8 Å². The van der Waals surface area contributed by atoms with E-state index in [0.717, 1.165) is 10.6 Å². The first-order chi connectivity index (χ1) is 11.8. The van der Waals surface area contributed by atoms with Crippen molar-refractivity contribution in [3.8, 4) is 5.75 Å². The monoisotopic (exact) mass is 400 g/mol. The Labute approximate surface area is 155 Å². The summed E-state index contributed by atoms with van der Waals surface area (Å²) in [7, 11) is -3.56. The van der Waals surface area contributed by atoms with Gasteiger partial charge in [-0.25, -0.2) is 8.42 Å². The average molecular weight is 401 g/mol. The van der Waals surface area contributed by atoms with E-state index in [1.807, 2.05) is 0 Å². The number of benzene rings is 2. The number of anilines is 2. The molecule has 0 aliphatic carbocycles. The van der Waals surface area contributed by atoms with Crippen molar-refractivity contribution in [2.45, 2.75) is 6.10 Å². The van der Waals surface area contributed by atoms with Crippen LogP contribution in [0.1, 0.15) is 0 Å². The first kappa shape index (κ1) is 17.8. The van der Waals surface area contributed by atoms with Gasteiger partial charge in [-0.1, -0.05) is 35.3 Å². The van der Waals surface area contributed by atoms with Crippen molar-refractivity contribution < 1.29 is 17.9 Å². The quantitative estimate of drug-likeness (QED) is 0.858. The maximum absolute atomic E-state index is 12.5. The minimum atomic E-state index is -3.56. The highest BCUT2D eigenvalue weighted by Gasteiger charge is 2.34. The van der Waals surface area contributed by atoms with E-state index in [-0.39, 0.29) is 6.54 Å². The fourth-order valence-electron chi connectivity index (χ4n) is 2.45. The highest BCUT2D eigenvalue weighted by Crippen LogP contribution is 2.35. The van der Waals surface area contributed by atoms with Gasteiger partial charge in [0.2, 0.25) is 10.0 Å². The lowest BCUT2D eigenvalue weighted by molar-refractivity contribution is -0.122. The molecule has 0 radical (unpaired) electrons. The fourth-order valence-corrected chi connectivity index (χ4v) is 3.66. The summed E-state index contributed by atoms with van der Waals surface area (Å²) in [4.78, 5) is 12.5. The zero-order chi connectivity index (χ0) is 18.2. The van der Waals surface area contributed by atoms with Crippen LogP contribution in [0.2, 0.25) is 10.0 Å². The number of sulfonamides is 1. The Bertz CT molecular complexity index is 933. The number of hydrogen-bond acceptors (Lipinski definition) is 4. The molecule has 1 aliphatic heterocycles. The molecule has 1 heterocycles. The summed E-state index contributed by atoms with van der Waals surface area (Å²) in [6, 6.07) is 11.3. The minimum absolute atomic E-state index is 0.122. The lowest BCUT2D eigenvalue weighted by Gasteiger charge is -2.33. The number of carbonyl (C=O) groups is 1. The number of rotatable bonds is 3. The summed E-state index contributed by atoms with van der Waals surface area (Å²) in [5.74, 6) is -0.157. The van der Waals surface area contributed by atoms with Crippen LogP contribution < -0.4 is 14.4 Å². The number of hydrogen-bond donors (Lipinski definition) is 1. The molecule has 3 rings (SSSR count). The van der Waals surface area contributed by atoms with Gasteiger partial charge in [-0.15, -0.1) is 0 Å². The summed E-state index contributed by atoms with van der Waals surface area (Å²) in [5, 5.41) is 3.32. The van der Waals surface area contributed by atoms with Gasteiger partial charge in [-0.3, -0.25) is 9.10 Å². The first-order valence-electron chi connectivity index (χ1n) is 7.25. The van der Waals surface area contributed by atoms with E-state index in [2.05, 4.69) is 5.32 Å². The SMILES string of the molecule is CS(=O)(=O)N1CC(C(=O)Nc2ccc(Cl)c(Cl)c2)Oc2ccccc21. The van der Waals surface area contributed by atoms with Crippen molar-refractivity contribution in [2.24, 2.45) is 0 Å². The van der Waals surface area contributed by atoms with E-state index in [0.29, 0.717) is 27.2 Å². The molecule has 1 amide bonds. The molecule has 0 saturated heterocycles. The number of nitrogens with zero attached hydrogens (tertiary/aromatic N) is 1. The zero-order valence-corrected chi connectivity index (χ0v) is 15.4. The molecule has 2 aromatic rings. The minimum Gasteiger partial charge on any atom is -0.476 e. The molecule has 6 nitrogen and oxygen atoms in total. The van der Waals surface area contributed by atoms with Crippen molar-refractivity contribution in [3.05, 3.63) is 52.5 Å². The Balaban J connectivity index is 1.85. The number of amides is 1. The highest BCUT2D eigenvalue weighted by molar-refractivity contribution is 7.92. The summed E-state index contributed by atoms with van der Waals surface area (Å²) in [6.07, 6.45) is 0.0855. The predicted molar refractivity (Wildman–Crippen MR) is 98.1 cm³/mol. The standard InChI is InChI=1S/C16H14Cl2N2O4S/c1-25(22,23)20-9-15(24-14-5-3-2-4-13(14)20)16(21)19-10-6-7-11(17)12(18)8-10/h2-8,15H,9H2,1H3,(H,19,21).